The first-order chi connectivity index (χ1) is 15.3. The molecular formula is C24H27BrN2O4S. The largest absolute Gasteiger partial charge is 0.349 e. The van der Waals surface area contributed by atoms with Gasteiger partial charge < -0.3 is 10.2 Å². The molecule has 0 unspecified atom stereocenters. The molecule has 0 bridgehead atoms. The molecule has 2 aliphatic rings. The van der Waals surface area contributed by atoms with E-state index in [4.69, 9.17) is 0 Å². The van der Waals surface area contributed by atoms with Gasteiger partial charge in [0.1, 0.15) is 0 Å². The molecule has 6 nitrogen and oxygen atoms in total. The number of hydrogen-bond donors (Lipinski definition) is 1. The first-order valence-corrected chi connectivity index (χ1v) is 13.5. The zero-order valence-corrected chi connectivity index (χ0v) is 20.5. The van der Waals surface area contributed by atoms with Crippen molar-refractivity contribution >= 4 is 43.3 Å². The lowest BCUT2D eigenvalue weighted by atomic mass is 9.88. The Morgan fingerprint density at radius 3 is 2.72 bits per heavy atom. The van der Waals surface area contributed by atoms with Crippen LogP contribution in [0.3, 0.4) is 0 Å². The number of fused-ring (bicyclic) bond motifs is 2. The third-order valence-electron chi connectivity index (χ3n) is 6.27. The van der Waals surface area contributed by atoms with Gasteiger partial charge in [0.2, 0.25) is 11.8 Å². The summed E-state index contributed by atoms with van der Waals surface area (Å²) in [6.45, 7) is 2.35. The maximum atomic E-state index is 13.1. The summed E-state index contributed by atoms with van der Waals surface area (Å²) >= 11 is 3.38. The third-order valence-corrected chi connectivity index (χ3v) is 8.94. The van der Waals surface area contributed by atoms with E-state index in [0.29, 0.717) is 29.5 Å². The van der Waals surface area contributed by atoms with Gasteiger partial charge in [-0.2, -0.15) is 0 Å². The predicted molar refractivity (Wildman–Crippen MR) is 127 cm³/mol. The zero-order valence-electron chi connectivity index (χ0n) is 18.1. The van der Waals surface area contributed by atoms with E-state index in [2.05, 4.69) is 27.3 Å². The highest BCUT2D eigenvalue weighted by atomic mass is 79.9. The van der Waals surface area contributed by atoms with Crippen LogP contribution in [0.1, 0.15) is 55.3 Å². The SMILES string of the molecule is CCC(=O)N1CCc2cc(Br)c(S(=O)(=O)CCC(=O)N[C@@H]3CCCc4ccccc43)cc21. The molecule has 2 aromatic carbocycles. The highest BCUT2D eigenvalue weighted by molar-refractivity contribution is 9.10. The summed E-state index contributed by atoms with van der Waals surface area (Å²) < 4.78 is 26.6. The minimum atomic E-state index is -3.71. The topological polar surface area (TPSA) is 83.6 Å². The van der Waals surface area contributed by atoms with Crippen molar-refractivity contribution in [3.63, 3.8) is 0 Å². The minimum absolute atomic E-state index is 0.0263. The van der Waals surface area contributed by atoms with Crippen molar-refractivity contribution in [1.82, 2.24) is 5.32 Å². The average molecular weight is 519 g/mol. The molecular weight excluding hydrogens is 492 g/mol. The molecule has 4 rings (SSSR count). The lowest BCUT2D eigenvalue weighted by Gasteiger charge is -2.26. The molecule has 0 saturated heterocycles. The van der Waals surface area contributed by atoms with E-state index >= 15 is 0 Å². The number of hydrogen-bond acceptors (Lipinski definition) is 4. The van der Waals surface area contributed by atoms with Crippen LogP contribution in [0.25, 0.3) is 0 Å². The highest BCUT2D eigenvalue weighted by Crippen LogP contribution is 2.36. The molecule has 2 amide bonds. The molecule has 1 N–H and O–H groups in total. The molecule has 2 aromatic rings. The molecule has 0 radical (unpaired) electrons. The van der Waals surface area contributed by atoms with Crippen LogP contribution < -0.4 is 10.2 Å². The van der Waals surface area contributed by atoms with Crippen molar-refractivity contribution < 1.29 is 18.0 Å². The number of carbonyl (C=O) groups is 2. The number of nitrogens with zero attached hydrogens (tertiary/aromatic N) is 1. The summed E-state index contributed by atoms with van der Waals surface area (Å²) in [7, 11) is -3.71. The first kappa shape index (κ1) is 23.0. The highest BCUT2D eigenvalue weighted by Gasteiger charge is 2.29. The molecule has 0 saturated carbocycles. The molecule has 0 aromatic heterocycles. The van der Waals surface area contributed by atoms with Gasteiger partial charge in [0.15, 0.2) is 9.84 Å². The first-order valence-electron chi connectivity index (χ1n) is 11.0. The summed E-state index contributed by atoms with van der Waals surface area (Å²) in [6.07, 6.45) is 3.80. The maximum Gasteiger partial charge on any atom is 0.226 e. The summed E-state index contributed by atoms with van der Waals surface area (Å²) in [4.78, 5) is 26.6. The van der Waals surface area contributed by atoms with Gasteiger partial charge in [0.05, 0.1) is 16.7 Å². The van der Waals surface area contributed by atoms with Crippen molar-refractivity contribution in [3.05, 3.63) is 57.6 Å². The van der Waals surface area contributed by atoms with Gasteiger partial charge in [-0.05, 0) is 70.4 Å². The molecule has 1 aliphatic carbocycles. The molecule has 0 fully saturated rings. The Labute approximate surface area is 197 Å². The Hall–Kier alpha value is -2.19. The molecule has 1 heterocycles. The van der Waals surface area contributed by atoms with Crippen molar-refractivity contribution in [2.45, 2.75) is 56.4 Å². The second kappa shape index (κ2) is 9.35. The lowest BCUT2D eigenvalue weighted by molar-refractivity contribution is -0.121. The Balaban J connectivity index is 1.46. The van der Waals surface area contributed by atoms with Crippen LogP contribution in [-0.4, -0.2) is 32.5 Å². The van der Waals surface area contributed by atoms with Crippen molar-refractivity contribution in [2.24, 2.45) is 0 Å². The number of carbonyl (C=O) groups excluding carboxylic acids is 2. The van der Waals surface area contributed by atoms with Gasteiger partial charge in [-0.15, -0.1) is 0 Å². The summed E-state index contributed by atoms with van der Waals surface area (Å²) in [5.41, 5.74) is 3.97. The second-order valence-corrected chi connectivity index (χ2v) is 11.3. The van der Waals surface area contributed by atoms with Crippen LogP contribution in [0.4, 0.5) is 5.69 Å². The van der Waals surface area contributed by atoms with Crippen LogP contribution in [0, 0.1) is 0 Å². The number of anilines is 1. The van der Waals surface area contributed by atoms with Gasteiger partial charge in [0.25, 0.3) is 0 Å². The smallest absolute Gasteiger partial charge is 0.226 e. The Morgan fingerprint density at radius 1 is 1.16 bits per heavy atom. The number of sulfone groups is 1. The number of nitrogens with one attached hydrogen (secondary N) is 1. The summed E-state index contributed by atoms with van der Waals surface area (Å²) in [6, 6.07) is 11.4. The van der Waals surface area contributed by atoms with Crippen LogP contribution in [-0.2, 0) is 32.3 Å². The van der Waals surface area contributed by atoms with Crippen LogP contribution in [0.15, 0.2) is 45.8 Å². The summed E-state index contributed by atoms with van der Waals surface area (Å²) in [5, 5.41) is 3.02. The number of rotatable bonds is 6. The fourth-order valence-corrected chi connectivity index (χ4v) is 7.04. The standard InChI is InChI=1S/C24H27BrN2O4S/c1-2-24(29)27-12-10-17-14-19(25)22(15-21(17)27)32(30,31)13-11-23(28)26-20-9-5-7-16-6-3-4-8-18(16)20/h3-4,6,8,14-15,20H,2,5,7,9-13H2,1H3,(H,26,28)/t20-/m1/s1. The quantitative estimate of drug-likeness (QED) is 0.623. The average Bonchev–Trinajstić information content (AvgIpc) is 3.19. The number of halogens is 1. The molecule has 8 heteroatoms. The molecule has 32 heavy (non-hydrogen) atoms. The molecule has 1 aliphatic heterocycles. The van der Waals surface area contributed by atoms with Gasteiger partial charge >= 0.3 is 0 Å². The van der Waals surface area contributed by atoms with Crippen molar-refractivity contribution in [3.8, 4) is 0 Å². The van der Waals surface area contributed by atoms with Crippen LogP contribution >= 0.6 is 15.9 Å². The van der Waals surface area contributed by atoms with E-state index in [0.717, 1.165) is 30.4 Å². The van der Waals surface area contributed by atoms with Gasteiger partial charge in [-0.3, -0.25) is 9.59 Å². The number of amides is 2. The van der Waals surface area contributed by atoms with Crippen LogP contribution in [0.2, 0.25) is 0 Å². The van der Waals surface area contributed by atoms with Gasteiger partial charge in [-0.1, -0.05) is 31.2 Å². The number of aryl methyl sites for hydroxylation is 1. The van der Waals surface area contributed by atoms with Crippen LogP contribution in [0.5, 0.6) is 0 Å². The zero-order chi connectivity index (χ0) is 22.9. The monoisotopic (exact) mass is 518 g/mol. The third kappa shape index (κ3) is 4.62. The Morgan fingerprint density at radius 2 is 1.94 bits per heavy atom. The van der Waals surface area contributed by atoms with Crippen molar-refractivity contribution in [2.75, 3.05) is 17.2 Å². The summed E-state index contributed by atoms with van der Waals surface area (Å²) in [5.74, 6) is -0.580. The minimum Gasteiger partial charge on any atom is -0.349 e. The van der Waals surface area contributed by atoms with E-state index in [-0.39, 0.29) is 34.9 Å². The van der Waals surface area contributed by atoms with E-state index in [9.17, 15) is 18.0 Å². The predicted octanol–water partition coefficient (Wildman–Crippen LogP) is 4.11. The Kier molecular flexibility index (Phi) is 6.72. The van der Waals surface area contributed by atoms with Gasteiger partial charge in [-0.25, -0.2) is 8.42 Å². The second-order valence-electron chi connectivity index (χ2n) is 8.34. The lowest BCUT2D eigenvalue weighted by Crippen LogP contribution is -2.32. The molecule has 1 atom stereocenters. The fourth-order valence-electron chi connectivity index (χ4n) is 4.58. The number of benzene rings is 2. The van der Waals surface area contributed by atoms with E-state index < -0.39 is 9.84 Å². The van der Waals surface area contributed by atoms with E-state index in [1.165, 1.54) is 5.56 Å². The van der Waals surface area contributed by atoms with Gasteiger partial charge in [0, 0.05) is 29.5 Å². The van der Waals surface area contributed by atoms with E-state index in [1.54, 1.807) is 24.0 Å². The van der Waals surface area contributed by atoms with E-state index in [1.807, 2.05) is 18.2 Å². The molecule has 170 valence electrons. The molecule has 0 spiro atoms. The normalized spacial score (nSPS) is 17.6. The Bertz CT molecular complexity index is 1160. The van der Waals surface area contributed by atoms with Crippen molar-refractivity contribution in [1.29, 1.82) is 0 Å². The fraction of sp³-hybridized carbons (Fsp3) is 0.417. The maximum absolute atomic E-state index is 13.1.